The zero-order chi connectivity index (χ0) is 11.2. The SMILES string of the molecule is COCCOCCOCCOCCNF. The molecule has 0 aliphatic carbocycles. The van der Waals surface area contributed by atoms with Crippen molar-refractivity contribution >= 4 is 0 Å². The maximum absolute atomic E-state index is 11.4. The molecule has 6 heteroatoms. The van der Waals surface area contributed by atoms with Crippen molar-refractivity contribution in [3.8, 4) is 0 Å². The van der Waals surface area contributed by atoms with E-state index in [1.165, 1.54) is 5.54 Å². The molecule has 92 valence electrons. The zero-order valence-electron chi connectivity index (χ0n) is 9.17. The largest absolute Gasteiger partial charge is 0.382 e. The standard InChI is InChI=1S/C9H20FNO4/c1-12-4-5-14-8-9-15-7-6-13-3-2-11-10/h11H,2-9H2,1H3. The Hall–Kier alpha value is -0.270. The van der Waals surface area contributed by atoms with Gasteiger partial charge in [0, 0.05) is 13.7 Å². The predicted molar refractivity (Wildman–Crippen MR) is 53.4 cm³/mol. The number of ether oxygens (including phenoxy) is 4. The van der Waals surface area contributed by atoms with Gasteiger partial charge in [-0.3, -0.25) is 0 Å². The van der Waals surface area contributed by atoms with E-state index in [0.717, 1.165) is 0 Å². The Morgan fingerprint density at radius 2 is 1.27 bits per heavy atom. The summed E-state index contributed by atoms with van der Waals surface area (Å²) in [5.41, 5.74) is 1.50. The highest BCUT2D eigenvalue weighted by molar-refractivity contribution is 4.35. The van der Waals surface area contributed by atoms with Crippen molar-refractivity contribution in [3.63, 3.8) is 0 Å². The van der Waals surface area contributed by atoms with Gasteiger partial charge in [-0.15, -0.1) is 4.48 Å². The highest BCUT2D eigenvalue weighted by Crippen LogP contribution is 1.81. The molecule has 0 atom stereocenters. The molecule has 15 heavy (non-hydrogen) atoms. The fraction of sp³-hybridized carbons (Fsp3) is 1.00. The molecule has 0 aliphatic rings. The summed E-state index contributed by atoms with van der Waals surface area (Å²) >= 11 is 0. The Kier molecular flexibility index (Phi) is 13.5. The van der Waals surface area contributed by atoms with Crippen LogP contribution < -0.4 is 5.54 Å². The molecule has 1 N–H and O–H groups in total. The van der Waals surface area contributed by atoms with Gasteiger partial charge in [0.15, 0.2) is 0 Å². The molecule has 0 bridgehead atoms. The molecule has 0 amide bonds. The highest BCUT2D eigenvalue weighted by atomic mass is 19.2. The Balaban J connectivity index is 2.81. The van der Waals surface area contributed by atoms with E-state index in [4.69, 9.17) is 18.9 Å². The normalized spacial score (nSPS) is 10.8. The molecule has 0 aromatic rings. The van der Waals surface area contributed by atoms with Crippen molar-refractivity contribution in [2.75, 3.05) is 59.9 Å². The molecule has 0 saturated carbocycles. The van der Waals surface area contributed by atoms with Crippen LogP contribution in [0.15, 0.2) is 0 Å². The molecule has 0 radical (unpaired) electrons. The van der Waals surface area contributed by atoms with Crippen LogP contribution in [-0.4, -0.2) is 59.9 Å². The van der Waals surface area contributed by atoms with E-state index in [0.29, 0.717) is 46.2 Å². The van der Waals surface area contributed by atoms with Gasteiger partial charge in [-0.05, 0) is 0 Å². The minimum Gasteiger partial charge on any atom is -0.382 e. The quantitative estimate of drug-likeness (QED) is 0.378. The molecule has 0 heterocycles. The summed E-state index contributed by atoms with van der Waals surface area (Å²) < 4.78 is 31.6. The Labute approximate surface area is 89.8 Å². The number of methoxy groups -OCH3 is 1. The second-order valence-electron chi connectivity index (χ2n) is 2.71. The Morgan fingerprint density at radius 3 is 1.73 bits per heavy atom. The van der Waals surface area contributed by atoms with Crippen LogP contribution >= 0.6 is 0 Å². The first-order valence-electron chi connectivity index (χ1n) is 4.97. The molecule has 0 saturated heterocycles. The van der Waals surface area contributed by atoms with Gasteiger partial charge < -0.3 is 18.9 Å². The van der Waals surface area contributed by atoms with Crippen LogP contribution in [0, 0.1) is 0 Å². The van der Waals surface area contributed by atoms with Crippen molar-refractivity contribution in [2.45, 2.75) is 0 Å². The van der Waals surface area contributed by atoms with Crippen molar-refractivity contribution in [2.24, 2.45) is 0 Å². The number of nitrogens with one attached hydrogen (secondary N) is 1. The van der Waals surface area contributed by atoms with Gasteiger partial charge >= 0.3 is 0 Å². The first-order chi connectivity index (χ1) is 7.41. The van der Waals surface area contributed by atoms with Gasteiger partial charge in [0.1, 0.15) is 0 Å². The molecule has 0 spiro atoms. The lowest BCUT2D eigenvalue weighted by atomic mass is 10.7. The lowest BCUT2D eigenvalue weighted by Crippen LogP contribution is -2.15. The van der Waals surface area contributed by atoms with Crippen molar-refractivity contribution in [1.82, 2.24) is 5.54 Å². The van der Waals surface area contributed by atoms with Gasteiger partial charge in [0.05, 0.1) is 46.2 Å². The molecular weight excluding hydrogens is 205 g/mol. The summed E-state index contributed by atoms with van der Waals surface area (Å²) in [6.45, 7) is 3.80. The van der Waals surface area contributed by atoms with Gasteiger partial charge in [0.2, 0.25) is 0 Å². The smallest absolute Gasteiger partial charge is 0.0701 e. The minimum atomic E-state index is 0.208. The van der Waals surface area contributed by atoms with Crippen molar-refractivity contribution < 1.29 is 23.4 Å². The van der Waals surface area contributed by atoms with E-state index >= 15 is 0 Å². The molecule has 0 aliphatic heterocycles. The van der Waals surface area contributed by atoms with E-state index in [2.05, 4.69) is 0 Å². The molecule has 0 rings (SSSR count). The number of hydrogen-bond acceptors (Lipinski definition) is 5. The predicted octanol–water partition coefficient (Wildman–Crippen LogP) is 0.157. The molecule has 5 nitrogen and oxygen atoms in total. The Bertz CT molecular complexity index is 106. The van der Waals surface area contributed by atoms with E-state index in [1.807, 2.05) is 0 Å². The zero-order valence-corrected chi connectivity index (χ0v) is 9.17. The molecule has 0 unspecified atom stereocenters. The average Bonchev–Trinajstić information content (AvgIpc) is 2.26. The van der Waals surface area contributed by atoms with E-state index in [-0.39, 0.29) is 6.54 Å². The Morgan fingerprint density at radius 1 is 0.800 bits per heavy atom. The maximum atomic E-state index is 11.4. The van der Waals surface area contributed by atoms with Gasteiger partial charge in [-0.1, -0.05) is 0 Å². The monoisotopic (exact) mass is 225 g/mol. The van der Waals surface area contributed by atoms with Crippen LogP contribution in [0.2, 0.25) is 0 Å². The summed E-state index contributed by atoms with van der Waals surface area (Å²) in [5, 5.41) is 0. The lowest BCUT2D eigenvalue weighted by molar-refractivity contribution is 0.00299. The topological polar surface area (TPSA) is 49.0 Å². The third-order valence-electron chi connectivity index (χ3n) is 1.52. The second kappa shape index (κ2) is 13.7. The van der Waals surface area contributed by atoms with Crippen LogP contribution in [0.1, 0.15) is 0 Å². The summed E-state index contributed by atoms with van der Waals surface area (Å²) in [4.78, 5) is 0. The van der Waals surface area contributed by atoms with Crippen LogP contribution in [0.4, 0.5) is 4.48 Å². The van der Waals surface area contributed by atoms with E-state index in [1.54, 1.807) is 7.11 Å². The lowest BCUT2D eigenvalue weighted by Gasteiger charge is -2.05. The number of halogens is 1. The van der Waals surface area contributed by atoms with Crippen molar-refractivity contribution in [1.29, 1.82) is 0 Å². The van der Waals surface area contributed by atoms with Gasteiger partial charge in [0.25, 0.3) is 0 Å². The molecule has 0 aromatic heterocycles. The molecular formula is C9H20FNO4. The van der Waals surface area contributed by atoms with Crippen LogP contribution in [0.3, 0.4) is 0 Å². The minimum absolute atomic E-state index is 0.208. The fourth-order valence-electron chi connectivity index (χ4n) is 0.795. The number of hydrogen-bond donors (Lipinski definition) is 1. The first-order valence-corrected chi connectivity index (χ1v) is 4.97. The third-order valence-corrected chi connectivity index (χ3v) is 1.52. The maximum Gasteiger partial charge on any atom is 0.0701 e. The van der Waals surface area contributed by atoms with Gasteiger partial charge in [-0.25, -0.2) is 0 Å². The van der Waals surface area contributed by atoms with Crippen molar-refractivity contribution in [3.05, 3.63) is 0 Å². The fourth-order valence-corrected chi connectivity index (χ4v) is 0.795. The third kappa shape index (κ3) is 13.7. The van der Waals surface area contributed by atoms with Gasteiger partial charge in [-0.2, -0.15) is 5.54 Å². The summed E-state index contributed by atoms with van der Waals surface area (Å²) in [6, 6.07) is 0. The summed E-state index contributed by atoms with van der Waals surface area (Å²) in [5.74, 6) is 0. The van der Waals surface area contributed by atoms with E-state index in [9.17, 15) is 4.48 Å². The highest BCUT2D eigenvalue weighted by Gasteiger charge is 1.91. The average molecular weight is 225 g/mol. The summed E-state index contributed by atoms with van der Waals surface area (Å²) in [6.07, 6.45) is 0. The molecule has 0 aromatic carbocycles. The number of rotatable bonds is 12. The summed E-state index contributed by atoms with van der Waals surface area (Å²) in [7, 11) is 1.63. The van der Waals surface area contributed by atoms with Crippen LogP contribution in [0.5, 0.6) is 0 Å². The first kappa shape index (κ1) is 14.7. The van der Waals surface area contributed by atoms with E-state index < -0.39 is 0 Å². The van der Waals surface area contributed by atoms with Crippen LogP contribution in [0.25, 0.3) is 0 Å². The molecule has 0 fully saturated rings. The van der Waals surface area contributed by atoms with Crippen LogP contribution in [-0.2, 0) is 18.9 Å². The second-order valence-corrected chi connectivity index (χ2v) is 2.71.